The van der Waals surface area contributed by atoms with E-state index in [2.05, 4.69) is 15.3 Å². The molecular formula is C22H26N4O3. The van der Waals surface area contributed by atoms with Crippen molar-refractivity contribution < 1.29 is 9.90 Å². The highest BCUT2D eigenvalue weighted by molar-refractivity contribution is 5.96. The predicted molar refractivity (Wildman–Crippen MR) is 112 cm³/mol. The lowest BCUT2D eigenvalue weighted by Crippen LogP contribution is -2.28. The fourth-order valence-corrected chi connectivity index (χ4v) is 3.63. The van der Waals surface area contributed by atoms with E-state index < -0.39 is 0 Å². The largest absolute Gasteiger partial charge is 0.394 e. The number of hydrogen-bond donors (Lipinski definition) is 3. The number of H-pyrrole nitrogens is 1. The predicted octanol–water partition coefficient (Wildman–Crippen LogP) is 2.78. The summed E-state index contributed by atoms with van der Waals surface area (Å²) in [5.41, 5.74) is 4.21. The average molecular weight is 394 g/mol. The number of amides is 1. The first-order valence-corrected chi connectivity index (χ1v) is 10.0. The highest BCUT2D eigenvalue weighted by atomic mass is 16.3. The third-order valence-electron chi connectivity index (χ3n) is 5.57. The van der Waals surface area contributed by atoms with Gasteiger partial charge in [-0.15, -0.1) is 0 Å². The van der Waals surface area contributed by atoms with Crippen LogP contribution in [0.15, 0.2) is 35.3 Å². The van der Waals surface area contributed by atoms with Gasteiger partial charge in [0.05, 0.1) is 18.2 Å². The lowest BCUT2D eigenvalue weighted by atomic mass is 9.99. The van der Waals surface area contributed by atoms with E-state index in [9.17, 15) is 14.7 Å². The summed E-state index contributed by atoms with van der Waals surface area (Å²) in [6.45, 7) is 5.77. The Morgan fingerprint density at radius 1 is 1.34 bits per heavy atom. The summed E-state index contributed by atoms with van der Waals surface area (Å²) in [6, 6.07) is 7.46. The molecule has 1 amide bonds. The van der Waals surface area contributed by atoms with E-state index in [-0.39, 0.29) is 30.2 Å². The van der Waals surface area contributed by atoms with Gasteiger partial charge in [-0.2, -0.15) is 0 Å². The number of aryl methyl sites for hydroxylation is 1. The number of hydrogen-bond acceptors (Lipinski definition) is 4. The van der Waals surface area contributed by atoms with E-state index in [1.54, 1.807) is 6.20 Å². The summed E-state index contributed by atoms with van der Waals surface area (Å²) in [7, 11) is 0. The van der Waals surface area contributed by atoms with E-state index in [1.807, 2.05) is 45.0 Å². The minimum atomic E-state index is -0.342. The quantitative estimate of drug-likeness (QED) is 0.598. The number of carbonyl (C=O) groups is 1. The third kappa shape index (κ3) is 3.70. The Balaban J connectivity index is 1.75. The summed E-state index contributed by atoms with van der Waals surface area (Å²) >= 11 is 0. The number of rotatable bonds is 6. The van der Waals surface area contributed by atoms with E-state index in [0.717, 1.165) is 29.5 Å². The Bertz CT molecular complexity index is 1120. The molecule has 1 aliphatic rings. The van der Waals surface area contributed by atoms with Crippen LogP contribution in [0.3, 0.4) is 0 Å². The number of imidazole rings is 1. The molecule has 29 heavy (non-hydrogen) atoms. The summed E-state index contributed by atoms with van der Waals surface area (Å²) in [5.74, 6) is 0.0205. The molecule has 0 aliphatic heterocycles. The van der Waals surface area contributed by atoms with E-state index in [0.29, 0.717) is 22.8 Å². The molecule has 0 radical (unpaired) electrons. The van der Waals surface area contributed by atoms with Crippen molar-refractivity contribution in [1.82, 2.24) is 19.9 Å². The Morgan fingerprint density at radius 2 is 2.10 bits per heavy atom. The van der Waals surface area contributed by atoms with Crippen LogP contribution in [0.25, 0.3) is 22.3 Å². The van der Waals surface area contributed by atoms with Crippen molar-refractivity contribution in [1.29, 1.82) is 0 Å². The second-order valence-corrected chi connectivity index (χ2v) is 8.17. The molecule has 1 unspecified atom stereocenters. The van der Waals surface area contributed by atoms with Crippen molar-refractivity contribution >= 4 is 17.1 Å². The maximum Gasteiger partial charge on any atom is 0.328 e. The monoisotopic (exact) mass is 394 g/mol. The van der Waals surface area contributed by atoms with Gasteiger partial charge < -0.3 is 15.4 Å². The lowest BCUT2D eigenvalue weighted by molar-refractivity contribution is 0.0951. The summed E-state index contributed by atoms with van der Waals surface area (Å²) in [5, 5.41) is 12.7. The standard InChI is InChI=1S/C22H26N4O3/c1-12(2)19(11-27)26-20-18(25-22(26)29)9-15(10-23-20)17-8-14(5-4-13(17)3)21(28)24-16-6-7-16/h4-5,8-10,12,16,19,27H,6-7,11H2,1-3H3,(H,24,28)(H,25,29). The molecule has 0 bridgehead atoms. The van der Waals surface area contributed by atoms with Crippen LogP contribution in [0, 0.1) is 12.8 Å². The first-order chi connectivity index (χ1) is 13.9. The normalized spacial score (nSPS) is 15.1. The minimum absolute atomic E-state index is 0.0648. The van der Waals surface area contributed by atoms with Crippen molar-refractivity contribution in [3.63, 3.8) is 0 Å². The maximum absolute atomic E-state index is 12.5. The van der Waals surface area contributed by atoms with Crippen molar-refractivity contribution in [3.05, 3.63) is 52.1 Å². The van der Waals surface area contributed by atoms with Crippen LogP contribution in [0.1, 0.15) is 48.7 Å². The van der Waals surface area contributed by atoms with Gasteiger partial charge in [-0.3, -0.25) is 9.36 Å². The van der Waals surface area contributed by atoms with Crippen LogP contribution in [0.2, 0.25) is 0 Å². The molecule has 3 aromatic rings. The molecular weight excluding hydrogens is 368 g/mol. The number of aliphatic hydroxyl groups excluding tert-OH is 1. The summed E-state index contributed by atoms with van der Waals surface area (Å²) < 4.78 is 1.52. The molecule has 7 nitrogen and oxygen atoms in total. The van der Waals surface area contributed by atoms with Gasteiger partial charge in [0.25, 0.3) is 5.91 Å². The number of benzene rings is 1. The Kier molecular flexibility index (Phi) is 5.00. The van der Waals surface area contributed by atoms with E-state index >= 15 is 0 Å². The summed E-state index contributed by atoms with van der Waals surface area (Å²) in [6.07, 6.45) is 3.80. The van der Waals surface area contributed by atoms with Crippen molar-refractivity contribution in [3.8, 4) is 11.1 Å². The van der Waals surface area contributed by atoms with Crippen LogP contribution in [-0.2, 0) is 0 Å². The molecule has 1 fully saturated rings. The van der Waals surface area contributed by atoms with Gasteiger partial charge in [-0.1, -0.05) is 19.9 Å². The number of aromatic nitrogens is 3. The van der Waals surface area contributed by atoms with Gasteiger partial charge in [-0.05, 0) is 55.0 Å². The molecule has 0 saturated heterocycles. The van der Waals surface area contributed by atoms with Crippen LogP contribution in [0.5, 0.6) is 0 Å². The molecule has 0 spiro atoms. The zero-order chi connectivity index (χ0) is 20.7. The maximum atomic E-state index is 12.5. The number of carbonyl (C=O) groups excluding carboxylic acids is 1. The van der Waals surface area contributed by atoms with Gasteiger partial charge in [-0.25, -0.2) is 9.78 Å². The number of pyridine rings is 1. The Hall–Kier alpha value is -2.93. The Morgan fingerprint density at radius 3 is 2.76 bits per heavy atom. The van der Waals surface area contributed by atoms with E-state index in [4.69, 9.17) is 0 Å². The minimum Gasteiger partial charge on any atom is -0.394 e. The summed E-state index contributed by atoms with van der Waals surface area (Å²) in [4.78, 5) is 32.3. The van der Waals surface area contributed by atoms with Gasteiger partial charge in [0.1, 0.15) is 0 Å². The smallest absolute Gasteiger partial charge is 0.328 e. The first kappa shape index (κ1) is 19.4. The molecule has 1 aliphatic carbocycles. The van der Waals surface area contributed by atoms with Crippen molar-refractivity contribution in [2.24, 2.45) is 5.92 Å². The van der Waals surface area contributed by atoms with E-state index in [1.165, 1.54) is 4.57 Å². The fraction of sp³-hybridized carbons (Fsp3) is 0.409. The number of aromatic amines is 1. The Labute approximate surface area is 168 Å². The molecule has 152 valence electrons. The van der Waals surface area contributed by atoms with Crippen molar-refractivity contribution in [2.75, 3.05) is 6.61 Å². The molecule has 1 aromatic carbocycles. The SMILES string of the molecule is Cc1ccc(C(=O)NC2CC2)cc1-c1cnc2c(c1)[nH]c(=O)n2C(CO)C(C)C. The van der Waals surface area contributed by atoms with Crippen molar-refractivity contribution in [2.45, 2.75) is 45.7 Å². The molecule has 2 heterocycles. The number of nitrogens with zero attached hydrogens (tertiary/aromatic N) is 2. The van der Waals surface area contributed by atoms with Gasteiger partial charge in [0, 0.05) is 23.4 Å². The molecule has 4 rings (SSSR count). The zero-order valence-corrected chi connectivity index (χ0v) is 16.9. The molecule has 3 N–H and O–H groups in total. The highest BCUT2D eigenvalue weighted by Crippen LogP contribution is 2.28. The average Bonchev–Trinajstić information content (AvgIpc) is 3.44. The fourth-order valence-electron chi connectivity index (χ4n) is 3.63. The van der Waals surface area contributed by atoms with Crippen LogP contribution >= 0.6 is 0 Å². The van der Waals surface area contributed by atoms with Gasteiger partial charge in [0.2, 0.25) is 0 Å². The molecule has 1 saturated carbocycles. The van der Waals surface area contributed by atoms with Gasteiger partial charge >= 0.3 is 5.69 Å². The number of fused-ring (bicyclic) bond motifs is 1. The second kappa shape index (κ2) is 7.48. The van der Waals surface area contributed by atoms with Crippen LogP contribution < -0.4 is 11.0 Å². The molecule has 1 atom stereocenters. The zero-order valence-electron chi connectivity index (χ0n) is 16.9. The van der Waals surface area contributed by atoms with Crippen LogP contribution in [-0.4, -0.2) is 38.2 Å². The molecule has 7 heteroatoms. The first-order valence-electron chi connectivity index (χ1n) is 10.0. The number of aliphatic hydroxyl groups is 1. The highest BCUT2D eigenvalue weighted by Gasteiger charge is 2.24. The lowest BCUT2D eigenvalue weighted by Gasteiger charge is -2.19. The van der Waals surface area contributed by atoms with Crippen LogP contribution in [0.4, 0.5) is 0 Å². The topological polar surface area (TPSA) is 100 Å². The van der Waals surface area contributed by atoms with Gasteiger partial charge in [0.15, 0.2) is 5.65 Å². The molecule has 2 aromatic heterocycles. The second-order valence-electron chi connectivity index (χ2n) is 8.17. The number of nitrogens with one attached hydrogen (secondary N) is 2. The third-order valence-corrected chi connectivity index (χ3v) is 5.57.